The van der Waals surface area contributed by atoms with Gasteiger partial charge < -0.3 is 4.74 Å². The minimum Gasteiger partial charge on any atom is -0.493 e. The van der Waals surface area contributed by atoms with Crippen molar-refractivity contribution in [2.45, 2.75) is 46.5 Å². The summed E-state index contributed by atoms with van der Waals surface area (Å²) in [5.74, 6) is 1.62. The molecular weight excluding hydrogens is 388 g/mol. The van der Waals surface area contributed by atoms with Crippen LogP contribution in [0.15, 0.2) is 72.8 Å². The van der Waals surface area contributed by atoms with E-state index in [-0.39, 0.29) is 0 Å². The van der Waals surface area contributed by atoms with Crippen LogP contribution in [0, 0.1) is 12.8 Å². The average molecular weight is 425 g/mol. The molecule has 1 nitrogen and oxygen atoms in total. The first kappa shape index (κ1) is 23.6. The van der Waals surface area contributed by atoms with Gasteiger partial charge in [-0.2, -0.15) is 0 Å². The number of hydrogen-bond donors (Lipinski definition) is 0. The Morgan fingerprint density at radius 1 is 0.656 bits per heavy atom. The minimum absolute atomic E-state index is 0.657. The molecule has 0 amide bonds. The van der Waals surface area contributed by atoms with Crippen molar-refractivity contribution in [3.8, 4) is 5.75 Å². The third-order valence-electron chi connectivity index (χ3n) is 5.86. The van der Waals surface area contributed by atoms with Gasteiger partial charge in [0.25, 0.3) is 0 Å². The van der Waals surface area contributed by atoms with Gasteiger partial charge in [-0.3, -0.25) is 0 Å². The lowest BCUT2D eigenvalue weighted by Crippen LogP contribution is -2.11. The molecule has 0 aliphatic carbocycles. The molecule has 1 atom stereocenters. The lowest BCUT2D eigenvalue weighted by atomic mass is 10.0. The fraction of sp³-hybridized carbons (Fsp3) is 0.290. The molecule has 0 radical (unpaired) electrons. The van der Waals surface area contributed by atoms with Crippen LogP contribution in [-0.2, 0) is 0 Å². The van der Waals surface area contributed by atoms with E-state index < -0.39 is 0 Å². The molecule has 0 saturated carbocycles. The second-order valence-corrected chi connectivity index (χ2v) is 8.54. The molecular formula is C31H36O. The largest absolute Gasteiger partial charge is 0.493 e. The summed E-state index contributed by atoms with van der Waals surface area (Å²) in [6.45, 7) is 7.43. The first-order chi connectivity index (χ1) is 15.7. The van der Waals surface area contributed by atoms with E-state index in [9.17, 15) is 0 Å². The van der Waals surface area contributed by atoms with E-state index in [1.807, 2.05) is 0 Å². The first-order valence-electron chi connectivity index (χ1n) is 11.9. The zero-order valence-corrected chi connectivity index (χ0v) is 19.8. The third-order valence-corrected chi connectivity index (χ3v) is 5.86. The second-order valence-electron chi connectivity index (χ2n) is 8.54. The summed E-state index contributed by atoms with van der Waals surface area (Å²) in [7, 11) is 0. The van der Waals surface area contributed by atoms with E-state index in [2.05, 4.69) is 118 Å². The van der Waals surface area contributed by atoms with E-state index in [1.165, 1.54) is 53.5 Å². The number of benzene rings is 3. The molecule has 0 saturated heterocycles. The summed E-state index contributed by atoms with van der Waals surface area (Å²) in [5, 5.41) is 0. The number of aryl methyl sites for hydroxylation is 1. The standard InChI is InChI=1S/C31H36O/c1-4-6-7-26(5-2)24-32-31-22-20-30(21-23-31)19-18-29-16-14-28(15-17-29)13-12-27-10-8-25(3)9-11-27/h8-23,26H,4-7,24H2,1-3H3/b13-12+,19-18+. The van der Waals surface area contributed by atoms with Crippen LogP contribution >= 0.6 is 0 Å². The highest BCUT2D eigenvalue weighted by atomic mass is 16.5. The SMILES string of the molecule is CCCCC(CC)COc1ccc(/C=C/c2ccc(/C=C/c3ccc(C)cc3)cc2)cc1. The molecule has 166 valence electrons. The molecule has 0 bridgehead atoms. The normalized spacial score (nSPS) is 12.5. The molecule has 0 aromatic heterocycles. The van der Waals surface area contributed by atoms with Crippen LogP contribution in [0.5, 0.6) is 5.75 Å². The number of unbranched alkanes of at least 4 members (excludes halogenated alkanes) is 1. The Bertz CT molecular complexity index is 976. The Morgan fingerprint density at radius 2 is 1.09 bits per heavy atom. The van der Waals surface area contributed by atoms with Gasteiger partial charge in [0, 0.05) is 0 Å². The van der Waals surface area contributed by atoms with Crippen molar-refractivity contribution in [2.75, 3.05) is 6.61 Å². The molecule has 3 rings (SSSR count). The van der Waals surface area contributed by atoms with Crippen LogP contribution in [0.25, 0.3) is 24.3 Å². The molecule has 0 fully saturated rings. The van der Waals surface area contributed by atoms with Gasteiger partial charge >= 0.3 is 0 Å². The Balaban J connectivity index is 1.51. The molecule has 0 aliphatic rings. The Morgan fingerprint density at radius 3 is 1.53 bits per heavy atom. The first-order valence-corrected chi connectivity index (χ1v) is 11.9. The average Bonchev–Trinajstić information content (AvgIpc) is 2.84. The smallest absolute Gasteiger partial charge is 0.119 e. The lowest BCUT2D eigenvalue weighted by Gasteiger charge is -2.15. The molecule has 0 spiro atoms. The number of hydrogen-bond acceptors (Lipinski definition) is 1. The Kier molecular flexibility index (Phi) is 9.37. The van der Waals surface area contributed by atoms with Crippen molar-refractivity contribution in [2.24, 2.45) is 5.92 Å². The van der Waals surface area contributed by atoms with E-state index in [1.54, 1.807) is 0 Å². The lowest BCUT2D eigenvalue weighted by molar-refractivity contribution is 0.233. The van der Waals surface area contributed by atoms with Crippen molar-refractivity contribution < 1.29 is 4.74 Å². The van der Waals surface area contributed by atoms with Gasteiger partial charge in [-0.15, -0.1) is 0 Å². The number of rotatable bonds is 11. The van der Waals surface area contributed by atoms with Crippen molar-refractivity contribution in [3.63, 3.8) is 0 Å². The van der Waals surface area contributed by atoms with Crippen LogP contribution in [0.2, 0.25) is 0 Å². The fourth-order valence-corrected chi connectivity index (χ4v) is 3.57. The third kappa shape index (κ3) is 7.89. The highest BCUT2D eigenvalue weighted by Gasteiger charge is 2.06. The van der Waals surface area contributed by atoms with E-state index in [0.717, 1.165) is 12.4 Å². The molecule has 0 N–H and O–H groups in total. The molecule has 3 aromatic rings. The van der Waals surface area contributed by atoms with Gasteiger partial charge in [-0.1, -0.05) is 124 Å². The van der Waals surface area contributed by atoms with E-state index in [0.29, 0.717) is 5.92 Å². The van der Waals surface area contributed by atoms with Gasteiger partial charge in [0.1, 0.15) is 5.75 Å². The Hall–Kier alpha value is -3.06. The quantitative estimate of drug-likeness (QED) is 0.279. The van der Waals surface area contributed by atoms with Crippen molar-refractivity contribution >= 4 is 24.3 Å². The van der Waals surface area contributed by atoms with Crippen LogP contribution in [0.3, 0.4) is 0 Å². The van der Waals surface area contributed by atoms with E-state index in [4.69, 9.17) is 4.74 Å². The van der Waals surface area contributed by atoms with Crippen molar-refractivity contribution in [1.29, 1.82) is 0 Å². The van der Waals surface area contributed by atoms with Crippen LogP contribution < -0.4 is 4.74 Å². The van der Waals surface area contributed by atoms with Gasteiger partial charge in [0.15, 0.2) is 0 Å². The molecule has 3 aromatic carbocycles. The van der Waals surface area contributed by atoms with Crippen LogP contribution in [-0.4, -0.2) is 6.61 Å². The maximum Gasteiger partial charge on any atom is 0.119 e. The number of ether oxygens (including phenoxy) is 1. The summed E-state index contributed by atoms with van der Waals surface area (Å²) < 4.78 is 6.02. The topological polar surface area (TPSA) is 9.23 Å². The Labute approximate surface area is 194 Å². The van der Waals surface area contributed by atoms with Gasteiger partial charge in [-0.25, -0.2) is 0 Å². The van der Waals surface area contributed by atoms with E-state index >= 15 is 0 Å². The predicted molar refractivity (Wildman–Crippen MR) is 141 cm³/mol. The zero-order valence-electron chi connectivity index (χ0n) is 19.8. The van der Waals surface area contributed by atoms with Crippen molar-refractivity contribution in [3.05, 3.63) is 101 Å². The second kappa shape index (κ2) is 12.7. The summed E-state index contributed by atoms with van der Waals surface area (Å²) in [6.07, 6.45) is 13.6. The summed E-state index contributed by atoms with van der Waals surface area (Å²) in [4.78, 5) is 0. The van der Waals surface area contributed by atoms with Crippen LogP contribution in [0.1, 0.15) is 67.3 Å². The van der Waals surface area contributed by atoms with Crippen LogP contribution in [0.4, 0.5) is 0 Å². The van der Waals surface area contributed by atoms with Gasteiger partial charge in [0.2, 0.25) is 0 Å². The molecule has 0 aliphatic heterocycles. The summed E-state index contributed by atoms with van der Waals surface area (Å²) in [5.41, 5.74) is 6.08. The summed E-state index contributed by atoms with van der Waals surface area (Å²) >= 11 is 0. The zero-order chi connectivity index (χ0) is 22.6. The van der Waals surface area contributed by atoms with Gasteiger partial charge in [0.05, 0.1) is 6.61 Å². The highest BCUT2D eigenvalue weighted by molar-refractivity contribution is 5.73. The maximum atomic E-state index is 6.02. The summed E-state index contributed by atoms with van der Waals surface area (Å²) in [6, 6.07) is 25.6. The fourth-order valence-electron chi connectivity index (χ4n) is 3.57. The van der Waals surface area contributed by atoms with Crippen molar-refractivity contribution in [1.82, 2.24) is 0 Å². The molecule has 32 heavy (non-hydrogen) atoms. The molecule has 1 heteroatoms. The monoisotopic (exact) mass is 424 g/mol. The molecule has 1 unspecified atom stereocenters. The van der Waals surface area contributed by atoms with Gasteiger partial charge in [-0.05, 0) is 53.6 Å². The molecule has 0 heterocycles. The maximum absolute atomic E-state index is 6.02. The highest BCUT2D eigenvalue weighted by Crippen LogP contribution is 2.19. The predicted octanol–water partition coefficient (Wildman–Crippen LogP) is 8.93. The minimum atomic E-state index is 0.657.